The molecule has 0 aliphatic heterocycles. The second-order valence-electron chi connectivity index (χ2n) is 9.98. The first kappa shape index (κ1) is 22.9. The van der Waals surface area contributed by atoms with E-state index in [1.54, 1.807) is 6.20 Å². The minimum absolute atomic E-state index is 0.0945. The van der Waals surface area contributed by atoms with Gasteiger partial charge in [0.1, 0.15) is 12.2 Å². The van der Waals surface area contributed by atoms with Crippen LogP contribution in [0.15, 0.2) is 95.7 Å². The van der Waals surface area contributed by atoms with Crippen LogP contribution in [0.25, 0.3) is 33.2 Å². The molecule has 0 spiro atoms. The van der Waals surface area contributed by atoms with Crippen LogP contribution in [0.5, 0.6) is 5.88 Å². The molecule has 2 aromatic heterocycles. The lowest BCUT2D eigenvalue weighted by molar-refractivity contribution is 0.295. The largest absolute Gasteiger partial charge is 0.472 e. The number of aromatic nitrogens is 1. The zero-order chi connectivity index (χ0) is 24.4. The Bertz CT molecular complexity index is 1440. The monoisotopic (exact) mass is 461 g/mol. The smallest absolute Gasteiger partial charge is 0.221 e. The van der Waals surface area contributed by atoms with Crippen molar-refractivity contribution in [3.8, 4) is 28.1 Å². The first-order chi connectivity index (χ1) is 16.9. The van der Waals surface area contributed by atoms with Crippen LogP contribution >= 0.6 is 0 Å². The first-order valence-corrected chi connectivity index (χ1v) is 12.2. The maximum Gasteiger partial charge on any atom is 0.221 e. The molecule has 0 aliphatic rings. The Labute approximate surface area is 207 Å². The number of furan rings is 1. The summed E-state index contributed by atoms with van der Waals surface area (Å²) in [6.07, 6.45) is 4.70. The molecule has 0 unspecified atom stereocenters. The molecule has 0 radical (unpaired) electrons. The third kappa shape index (κ3) is 4.72. The first-order valence-electron chi connectivity index (χ1n) is 12.2. The van der Waals surface area contributed by atoms with Crippen molar-refractivity contribution in [2.45, 2.75) is 46.1 Å². The summed E-state index contributed by atoms with van der Waals surface area (Å²) in [6, 6.07) is 27.4. The van der Waals surface area contributed by atoms with E-state index in [2.05, 4.69) is 87.3 Å². The lowest BCUT2D eigenvalue weighted by Gasteiger charge is -2.21. The van der Waals surface area contributed by atoms with Crippen molar-refractivity contribution in [2.24, 2.45) is 0 Å². The van der Waals surface area contributed by atoms with Crippen molar-refractivity contribution >= 4 is 11.0 Å². The zero-order valence-corrected chi connectivity index (χ0v) is 20.8. The fourth-order valence-corrected chi connectivity index (χ4v) is 4.44. The normalized spacial score (nSPS) is 11.7. The van der Waals surface area contributed by atoms with Crippen LogP contribution in [0, 0.1) is 0 Å². The summed E-state index contributed by atoms with van der Waals surface area (Å²) in [5.41, 5.74) is 8.76. The zero-order valence-electron chi connectivity index (χ0n) is 20.8. The summed E-state index contributed by atoms with van der Waals surface area (Å²) in [4.78, 5) is 4.58. The van der Waals surface area contributed by atoms with Gasteiger partial charge in [-0.15, -0.1) is 0 Å². The van der Waals surface area contributed by atoms with Gasteiger partial charge in [-0.2, -0.15) is 0 Å². The van der Waals surface area contributed by atoms with E-state index < -0.39 is 0 Å². The van der Waals surface area contributed by atoms with Gasteiger partial charge >= 0.3 is 0 Å². The molecule has 0 amide bonds. The van der Waals surface area contributed by atoms with Gasteiger partial charge in [0.05, 0.1) is 6.26 Å². The van der Waals surface area contributed by atoms with Crippen LogP contribution in [-0.2, 0) is 18.4 Å². The fourth-order valence-electron chi connectivity index (χ4n) is 4.44. The van der Waals surface area contributed by atoms with E-state index in [9.17, 15) is 0 Å². The van der Waals surface area contributed by atoms with Crippen LogP contribution in [0.1, 0.15) is 44.4 Å². The summed E-state index contributed by atoms with van der Waals surface area (Å²) < 4.78 is 12.4. The number of rotatable bonds is 6. The predicted octanol–water partition coefficient (Wildman–Crippen LogP) is 8.60. The molecule has 2 heterocycles. The maximum atomic E-state index is 6.20. The number of pyridine rings is 1. The number of aryl methyl sites for hydroxylation is 1. The number of hydrogen-bond donors (Lipinski definition) is 0. The number of benzene rings is 3. The van der Waals surface area contributed by atoms with Crippen molar-refractivity contribution in [1.82, 2.24) is 4.98 Å². The van der Waals surface area contributed by atoms with Crippen molar-refractivity contribution in [2.75, 3.05) is 0 Å². The fraction of sp³-hybridized carbons (Fsp3) is 0.219. The van der Waals surface area contributed by atoms with Gasteiger partial charge in [-0.05, 0) is 58.4 Å². The van der Waals surface area contributed by atoms with Gasteiger partial charge in [0.2, 0.25) is 5.88 Å². The lowest BCUT2D eigenvalue weighted by Crippen LogP contribution is -2.11. The molecule has 35 heavy (non-hydrogen) atoms. The molecular formula is C32H31NO2. The average molecular weight is 462 g/mol. The molecule has 5 aromatic rings. The predicted molar refractivity (Wildman–Crippen MR) is 144 cm³/mol. The number of ether oxygens (including phenoxy) is 1. The molecule has 3 heteroatoms. The van der Waals surface area contributed by atoms with Crippen LogP contribution in [0.3, 0.4) is 0 Å². The average Bonchev–Trinajstić information content (AvgIpc) is 3.31. The van der Waals surface area contributed by atoms with Crippen molar-refractivity contribution in [1.29, 1.82) is 0 Å². The van der Waals surface area contributed by atoms with Crippen molar-refractivity contribution in [3.05, 3.63) is 108 Å². The summed E-state index contributed by atoms with van der Waals surface area (Å²) in [5.74, 6) is 0.632. The Balaban J connectivity index is 1.63. The summed E-state index contributed by atoms with van der Waals surface area (Å²) in [5, 5.41) is 1.11. The topological polar surface area (TPSA) is 35.3 Å². The molecule has 176 valence electrons. The molecule has 0 N–H and O–H groups in total. The Morgan fingerprint density at radius 1 is 0.800 bits per heavy atom. The highest BCUT2D eigenvalue weighted by atomic mass is 16.5. The molecule has 3 aromatic carbocycles. The standard InChI is InChI=1S/C32H31NO2/c1-5-22-13-15-24(16-14-22)28-21-34-30-27(28)18-25(19-29(30)32(2,3)4)26-12-9-17-33-31(26)35-20-23-10-7-6-8-11-23/h6-19,21H,5,20H2,1-4H3. The number of hydrogen-bond acceptors (Lipinski definition) is 3. The Kier molecular flexibility index (Phi) is 6.17. The minimum Gasteiger partial charge on any atom is -0.472 e. The molecule has 0 atom stereocenters. The molecule has 0 saturated carbocycles. The van der Waals surface area contributed by atoms with Crippen LogP contribution in [0.4, 0.5) is 0 Å². The molecule has 3 nitrogen and oxygen atoms in total. The third-order valence-corrected chi connectivity index (χ3v) is 6.46. The molecule has 0 fully saturated rings. The van der Waals surface area contributed by atoms with E-state index in [1.165, 1.54) is 11.1 Å². The van der Waals surface area contributed by atoms with E-state index >= 15 is 0 Å². The quantitative estimate of drug-likeness (QED) is 0.254. The van der Waals surface area contributed by atoms with Gasteiger partial charge in [-0.1, -0.05) is 82.3 Å². The molecule has 0 aliphatic carbocycles. The minimum atomic E-state index is -0.0945. The van der Waals surface area contributed by atoms with Gasteiger partial charge in [0, 0.05) is 28.3 Å². The SMILES string of the molecule is CCc1ccc(-c2coc3c(C(C)(C)C)cc(-c4cccnc4OCc4ccccc4)cc23)cc1. The van der Waals surface area contributed by atoms with E-state index in [0.29, 0.717) is 12.5 Å². The highest BCUT2D eigenvalue weighted by Crippen LogP contribution is 2.41. The van der Waals surface area contributed by atoms with E-state index in [0.717, 1.165) is 45.2 Å². The summed E-state index contributed by atoms with van der Waals surface area (Å²) >= 11 is 0. The van der Waals surface area contributed by atoms with E-state index in [-0.39, 0.29) is 5.41 Å². The Morgan fingerprint density at radius 3 is 2.29 bits per heavy atom. The van der Waals surface area contributed by atoms with Crippen LogP contribution < -0.4 is 4.74 Å². The molecular weight excluding hydrogens is 430 g/mol. The molecule has 0 saturated heterocycles. The highest BCUT2D eigenvalue weighted by Gasteiger charge is 2.23. The summed E-state index contributed by atoms with van der Waals surface area (Å²) in [7, 11) is 0. The number of fused-ring (bicyclic) bond motifs is 1. The van der Waals surface area contributed by atoms with Gasteiger partial charge < -0.3 is 9.15 Å². The summed E-state index contributed by atoms with van der Waals surface area (Å²) in [6.45, 7) is 9.31. The van der Waals surface area contributed by atoms with Crippen molar-refractivity contribution in [3.63, 3.8) is 0 Å². The highest BCUT2D eigenvalue weighted by molar-refractivity contribution is 5.99. The number of nitrogens with zero attached hydrogens (tertiary/aromatic N) is 1. The maximum absolute atomic E-state index is 6.20. The third-order valence-electron chi connectivity index (χ3n) is 6.46. The second kappa shape index (κ2) is 9.42. The second-order valence-corrected chi connectivity index (χ2v) is 9.98. The van der Waals surface area contributed by atoms with Crippen LogP contribution in [-0.4, -0.2) is 4.98 Å². The Morgan fingerprint density at radius 2 is 1.57 bits per heavy atom. The van der Waals surface area contributed by atoms with Gasteiger partial charge in [0.15, 0.2) is 0 Å². The molecule has 5 rings (SSSR count). The Hall–Kier alpha value is -3.85. The lowest BCUT2D eigenvalue weighted by atomic mass is 9.83. The van der Waals surface area contributed by atoms with Gasteiger partial charge in [0.25, 0.3) is 0 Å². The van der Waals surface area contributed by atoms with Gasteiger partial charge in [-0.3, -0.25) is 0 Å². The van der Waals surface area contributed by atoms with Crippen LogP contribution in [0.2, 0.25) is 0 Å². The van der Waals surface area contributed by atoms with E-state index in [4.69, 9.17) is 9.15 Å². The molecule has 0 bridgehead atoms. The van der Waals surface area contributed by atoms with Gasteiger partial charge in [-0.25, -0.2) is 4.98 Å². The van der Waals surface area contributed by atoms with E-state index in [1.807, 2.05) is 30.5 Å². The van der Waals surface area contributed by atoms with Crippen molar-refractivity contribution < 1.29 is 9.15 Å².